The minimum atomic E-state index is -0.365. The van der Waals surface area contributed by atoms with Crippen molar-refractivity contribution in [3.05, 3.63) is 40.5 Å². The SMILES string of the molecule is CB(O)N1CC=C(Nc2ccccc2Br)CC1. The lowest BCUT2D eigenvalue weighted by molar-refractivity contribution is 0.384. The van der Waals surface area contributed by atoms with Gasteiger partial charge in [0, 0.05) is 16.7 Å². The molecule has 0 fully saturated rings. The van der Waals surface area contributed by atoms with Crippen LogP contribution in [0.2, 0.25) is 6.82 Å². The lowest BCUT2D eigenvalue weighted by Gasteiger charge is -2.27. The summed E-state index contributed by atoms with van der Waals surface area (Å²) in [4.78, 5) is 2.03. The van der Waals surface area contributed by atoms with Crippen LogP contribution < -0.4 is 5.32 Å². The van der Waals surface area contributed by atoms with Gasteiger partial charge in [0.15, 0.2) is 0 Å². The summed E-state index contributed by atoms with van der Waals surface area (Å²) in [5, 5.41) is 12.9. The third kappa shape index (κ3) is 3.34. The highest BCUT2D eigenvalue weighted by Crippen LogP contribution is 2.24. The van der Waals surface area contributed by atoms with Crippen LogP contribution in [0.3, 0.4) is 0 Å². The second kappa shape index (κ2) is 5.71. The molecule has 0 unspecified atom stereocenters. The van der Waals surface area contributed by atoms with Gasteiger partial charge in [0.05, 0.1) is 5.69 Å². The van der Waals surface area contributed by atoms with E-state index in [2.05, 4.69) is 27.3 Å². The fourth-order valence-electron chi connectivity index (χ4n) is 1.87. The van der Waals surface area contributed by atoms with E-state index in [1.165, 1.54) is 5.70 Å². The zero-order valence-corrected chi connectivity index (χ0v) is 11.4. The van der Waals surface area contributed by atoms with E-state index in [1.54, 1.807) is 6.82 Å². The van der Waals surface area contributed by atoms with Crippen molar-refractivity contribution in [2.24, 2.45) is 0 Å². The van der Waals surface area contributed by atoms with Gasteiger partial charge in [0.2, 0.25) is 0 Å². The number of hydrogen-bond acceptors (Lipinski definition) is 3. The Morgan fingerprint density at radius 1 is 1.41 bits per heavy atom. The average Bonchev–Trinajstić information content (AvgIpc) is 2.33. The lowest BCUT2D eigenvalue weighted by Crippen LogP contribution is -2.40. The highest BCUT2D eigenvalue weighted by Gasteiger charge is 2.18. The summed E-state index contributed by atoms with van der Waals surface area (Å²) in [6, 6.07) is 8.08. The van der Waals surface area contributed by atoms with E-state index in [0.717, 1.165) is 29.7 Å². The van der Waals surface area contributed by atoms with Gasteiger partial charge in [0.25, 0.3) is 0 Å². The smallest absolute Gasteiger partial charge is 0.376 e. The number of rotatable bonds is 3. The van der Waals surface area contributed by atoms with Crippen molar-refractivity contribution in [3.63, 3.8) is 0 Å². The van der Waals surface area contributed by atoms with E-state index in [1.807, 2.05) is 29.1 Å². The molecule has 1 aliphatic rings. The first-order chi connectivity index (χ1) is 8.16. The van der Waals surface area contributed by atoms with Gasteiger partial charge in [-0.1, -0.05) is 18.2 Å². The molecule has 1 aromatic carbocycles. The Bertz CT molecular complexity index is 423. The van der Waals surface area contributed by atoms with Gasteiger partial charge in [-0.15, -0.1) is 0 Å². The number of para-hydroxylation sites is 1. The minimum Gasteiger partial charge on any atom is -0.437 e. The second-order valence-electron chi connectivity index (χ2n) is 4.21. The molecule has 3 nitrogen and oxygen atoms in total. The zero-order valence-electron chi connectivity index (χ0n) is 9.86. The van der Waals surface area contributed by atoms with Crippen LogP contribution in [0, 0.1) is 0 Å². The Morgan fingerprint density at radius 3 is 2.76 bits per heavy atom. The molecule has 1 aliphatic heterocycles. The van der Waals surface area contributed by atoms with Crippen LogP contribution in [0.5, 0.6) is 0 Å². The van der Waals surface area contributed by atoms with Gasteiger partial charge >= 0.3 is 7.05 Å². The maximum Gasteiger partial charge on any atom is 0.376 e. The molecular formula is C12H16BBrN2O. The fraction of sp³-hybridized carbons (Fsp3) is 0.333. The first-order valence-electron chi connectivity index (χ1n) is 5.79. The molecule has 0 aromatic heterocycles. The van der Waals surface area contributed by atoms with Crippen molar-refractivity contribution in [2.75, 3.05) is 18.4 Å². The van der Waals surface area contributed by atoms with Gasteiger partial charge in [-0.3, -0.25) is 0 Å². The van der Waals surface area contributed by atoms with Gasteiger partial charge < -0.3 is 15.2 Å². The Kier molecular flexibility index (Phi) is 4.26. The summed E-state index contributed by atoms with van der Waals surface area (Å²) in [5.41, 5.74) is 2.30. The van der Waals surface area contributed by atoms with Gasteiger partial charge in [-0.25, -0.2) is 0 Å². The van der Waals surface area contributed by atoms with E-state index in [4.69, 9.17) is 0 Å². The van der Waals surface area contributed by atoms with Crippen molar-refractivity contribution in [2.45, 2.75) is 13.2 Å². The van der Waals surface area contributed by atoms with Crippen LogP contribution in [0.1, 0.15) is 6.42 Å². The van der Waals surface area contributed by atoms with Crippen LogP contribution in [-0.4, -0.2) is 30.0 Å². The molecule has 90 valence electrons. The summed E-state index contributed by atoms with van der Waals surface area (Å²) < 4.78 is 1.07. The molecule has 5 heteroatoms. The van der Waals surface area contributed by atoms with E-state index in [9.17, 15) is 5.02 Å². The van der Waals surface area contributed by atoms with Crippen LogP contribution in [0.4, 0.5) is 5.69 Å². The Hall–Kier alpha value is -0.775. The second-order valence-corrected chi connectivity index (χ2v) is 5.07. The third-order valence-corrected chi connectivity index (χ3v) is 3.63. The van der Waals surface area contributed by atoms with Crippen molar-refractivity contribution < 1.29 is 5.02 Å². The van der Waals surface area contributed by atoms with E-state index in [-0.39, 0.29) is 7.05 Å². The number of hydrogen-bond donors (Lipinski definition) is 2. The number of benzene rings is 1. The van der Waals surface area contributed by atoms with Crippen LogP contribution in [-0.2, 0) is 0 Å². The third-order valence-electron chi connectivity index (χ3n) is 2.94. The largest absolute Gasteiger partial charge is 0.437 e. The summed E-state index contributed by atoms with van der Waals surface area (Å²) in [6.07, 6.45) is 3.07. The predicted octanol–water partition coefficient (Wildman–Crippen LogP) is 2.56. The maximum absolute atomic E-state index is 9.47. The first-order valence-corrected chi connectivity index (χ1v) is 6.59. The Morgan fingerprint density at radius 2 is 2.18 bits per heavy atom. The number of halogens is 1. The number of nitrogens with one attached hydrogen (secondary N) is 1. The molecule has 1 aromatic rings. The molecule has 2 rings (SSSR count). The standard InChI is InChI=1S/C12H16BBrN2O/c1-13(17)16-8-6-10(7-9-16)15-12-5-3-2-4-11(12)14/h2-6,15,17H,7-9H2,1H3. The highest BCUT2D eigenvalue weighted by molar-refractivity contribution is 9.10. The van der Waals surface area contributed by atoms with Crippen molar-refractivity contribution in [3.8, 4) is 0 Å². The van der Waals surface area contributed by atoms with Gasteiger partial charge in [-0.2, -0.15) is 0 Å². The molecule has 0 aliphatic carbocycles. The predicted molar refractivity (Wildman–Crippen MR) is 75.9 cm³/mol. The fourth-order valence-corrected chi connectivity index (χ4v) is 2.26. The van der Waals surface area contributed by atoms with Crippen LogP contribution in [0.25, 0.3) is 0 Å². The Labute approximate surface area is 111 Å². The minimum absolute atomic E-state index is 0.365. The highest BCUT2D eigenvalue weighted by atomic mass is 79.9. The summed E-state index contributed by atoms with van der Waals surface area (Å²) in [7, 11) is -0.365. The summed E-state index contributed by atoms with van der Waals surface area (Å²) in [6.45, 7) is 3.49. The van der Waals surface area contributed by atoms with Gasteiger partial charge in [-0.05, 0) is 47.9 Å². The van der Waals surface area contributed by atoms with Crippen molar-refractivity contribution >= 4 is 28.7 Å². The molecule has 0 radical (unpaired) electrons. The van der Waals surface area contributed by atoms with E-state index >= 15 is 0 Å². The molecule has 17 heavy (non-hydrogen) atoms. The molecule has 1 heterocycles. The zero-order chi connectivity index (χ0) is 12.3. The molecule has 0 spiro atoms. The summed E-state index contributed by atoms with van der Waals surface area (Å²) >= 11 is 3.52. The van der Waals surface area contributed by atoms with Crippen LogP contribution >= 0.6 is 15.9 Å². The molecule has 2 N–H and O–H groups in total. The maximum atomic E-state index is 9.47. The molecular weight excluding hydrogens is 279 g/mol. The molecule has 0 saturated carbocycles. The normalized spacial score (nSPS) is 16.5. The van der Waals surface area contributed by atoms with Crippen molar-refractivity contribution in [1.82, 2.24) is 4.81 Å². The average molecular weight is 295 g/mol. The first kappa shape index (κ1) is 12.7. The van der Waals surface area contributed by atoms with Crippen molar-refractivity contribution in [1.29, 1.82) is 0 Å². The topological polar surface area (TPSA) is 35.5 Å². The van der Waals surface area contributed by atoms with Gasteiger partial charge in [0.1, 0.15) is 0 Å². The molecule has 0 amide bonds. The quantitative estimate of drug-likeness (QED) is 0.841. The number of anilines is 1. The molecule has 0 bridgehead atoms. The lowest BCUT2D eigenvalue weighted by atomic mass is 9.83. The van der Waals surface area contributed by atoms with Crippen LogP contribution in [0.15, 0.2) is 40.5 Å². The number of nitrogens with zero attached hydrogens (tertiary/aromatic N) is 1. The molecule has 0 saturated heterocycles. The monoisotopic (exact) mass is 294 g/mol. The summed E-state index contributed by atoms with van der Waals surface area (Å²) in [5.74, 6) is 0. The van der Waals surface area contributed by atoms with E-state index < -0.39 is 0 Å². The van der Waals surface area contributed by atoms with E-state index in [0.29, 0.717) is 0 Å². The Balaban J connectivity index is 2.00. The molecule has 0 atom stereocenters.